The lowest BCUT2D eigenvalue weighted by molar-refractivity contribution is 0.0933. The predicted molar refractivity (Wildman–Crippen MR) is 63.3 cm³/mol. The van der Waals surface area contributed by atoms with Gasteiger partial charge in [-0.25, -0.2) is 4.39 Å². The maximum Gasteiger partial charge on any atom is 0.255 e. The summed E-state index contributed by atoms with van der Waals surface area (Å²) >= 11 is 0. The quantitative estimate of drug-likeness (QED) is 0.728. The molecular formula is C12H17FN2O2. The molecule has 1 aromatic rings. The maximum atomic E-state index is 12.7. The van der Waals surface area contributed by atoms with Crippen molar-refractivity contribution < 1.29 is 14.3 Å². The molecule has 1 aromatic carbocycles. The molecule has 0 radical (unpaired) electrons. The molecule has 5 heteroatoms. The van der Waals surface area contributed by atoms with E-state index in [0.29, 0.717) is 6.54 Å². The summed E-state index contributed by atoms with van der Waals surface area (Å²) in [6, 6.07) is 3.16. The Labute approximate surface area is 99.6 Å². The van der Waals surface area contributed by atoms with Gasteiger partial charge in [-0.15, -0.1) is 0 Å². The Balaban J connectivity index is 2.75. The predicted octanol–water partition coefficient (Wildman–Crippen LogP) is 1.39. The first-order chi connectivity index (χ1) is 8.08. The Bertz CT molecular complexity index is 396. The van der Waals surface area contributed by atoms with Crippen LogP contribution >= 0.6 is 0 Å². The summed E-state index contributed by atoms with van der Waals surface area (Å²) in [4.78, 5) is 11.8. The number of benzene rings is 1. The van der Waals surface area contributed by atoms with Gasteiger partial charge in [0.25, 0.3) is 5.91 Å². The first-order valence-electron chi connectivity index (χ1n) is 5.58. The van der Waals surface area contributed by atoms with Crippen molar-refractivity contribution >= 4 is 5.91 Å². The van der Waals surface area contributed by atoms with Crippen LogP contribution < -0.4 is 11.1 Å². The van der Waals surface area contributed by atoms with E-state index in [-0.39, 0.29) is 17.4 Å². The molecule has 94 valence electrons. The SMILES string of the molecule is CCCC(CN)NC(=O)c1ccc(F)cc1O. The van der Waals surface area contributed by atoms with Gasteiger partial charge in [-0.1, -0.05) is 13.3 Å². The lowest BCUT2D eigenvalue weighted by Crippen LogP contribution is -2.40. The first kappa shape index (κ1) is 13.4. The van der Waals surface area contributed by atoms with Crippen LogP contribution in [-0.2, 0) is 0 Å². The fraction of sp³-hybridized carbons (Fsp3) is 0.417. The third-order valence-corrected chi connectivity index (χ3v) is 2.46. The molecule has 1 rings (SSSR count). The summed E-state index contributed by atoms with van der Waals surface area (Å²) in [6.45, 7) is 2.33. The molecule has 0 aromatic heterocycles. The molecule has 0 aliphatic rings. The van der Waals surface area contributed by atoms with E-state index in [4.69, 9.17) is 5.73 Å². The Hall–Kier alpha value is -1.62. The van der Waals surface area contributed by atoms with Crippen LogP contribution in [0.5, 0.6) is 5.75 Å². The zero-order chi connectivity index (χ0) is 12.8. The van der Waals surface area contributed by atoms with Crippen LogP contribution in [0.3, 0.4) is 0 Å². The average molecular weight is 240 g/mol. The summed E-state index contributed by atoms with van der Waals surface area (Å²) in [5, 5.41) is 12.1. The normalized spacial score (nSPS) is 12.2. The minimum absolute atomic E-state index is 0.0564. The van der Waals surface area contributed by atoms with Gasteiger partial charge in [0.15, 0.2) is 0 Å². The number of phenolic OH excluding ortho intramolecular Hbond substituents is 1. The lowest BCUT2D eigenvalue weighted by Gasteiger charge is -2.16. The molecule has 0 aliphatic heterocycles. The molecule has 1 unspecified atom stereocenters. The van der Waals surface area contributed by atoms with Crippen LogP contribution in [0.1, 0.15) is 30.1 Å². The van der Waals surface area contributed by atoms with Crippen molar-refractivity contribution in [1.82, 2.24) is 5.32 Å². The molecule has 0 aliphatic carbocycles. The van der Waals surface area contributed by atoms with Crippen LogP contribution in [0.2, 0.25) is 0 Å². The fourth-order valence-corrected chi connectivity index (χ4v) is 1.56. The Kier molecular flexibility index (Phi) is 4.90. The Morgan fingerprint density at radius 3 is 2.82 bits per heavy atom. The number of amides is 1. The molecule has 1 atom stereocenters. The van der Waals surface area contributed by atoms with Crippen molar-refractivity contribution in [3.63, 3.8) is 0 Å². The van der Waals surface area contributed by atoms with Gasteiger partial charge in [0.05, 0.1) is 5.56 Å². The lowest BCUT2D eigenvalue weighted by atomic mass is 10.1. The van der Waals surface area contributed by atoms with Gasteiger partial charge < -0.3 is 16.2 Å². The summed E-state index contributed by atoms with van der Waals surface area (Å²) in [5.41, 5.74) is 5.57. The van der Waals surface area contributed by atoms with E-state index in [9.17, 15) is 14.3 Å². The number of aromatic hydroxyl groups is 1. The van der Waals surface area contributed by atoms with Crippen LogP contribution in [0.25, 0.3) is 0 Å². The van der Waals surface area contributed by atoms with Crippen molar-refractivity contribution in [3.8, 4) is 5.75 Å². The van der Waals surface area contributed by atoms with E-state index in [2.05, 4.69) is 5.32 Å². The second-order valence-corrected chi connectivity index (χ2v) is 3.86. The van der Waals surface area contributed by atoms with E-state index >= 15 is 0 Å². The molecule has 0 saturated heterocycles. The van der Waals surface area contributed by atoms with Crippen molar-refractivity contribution in [3.05, 3.63) is 29.6 Å². The number of hydrogen-bond donors (Lipinski definition) is 3. The van der Waals surface area contributed by atoms with Gasteiger partial charge in [-0.3, -0.25) is 4.79 Å². The van der Waals surface area contributed by atoms with Gasteiger partial charge in [0.2, 0.25) is 0 Å². The van der Waals surface area contributed by atoms with Gasteiger partial charge in [-0.2, -0.15) is 0 Å². The zero-order valence-electron chi connectivity index (χ0n) is 9.74. The van der Waals surface area contributed by atoms with Crippen LogP contribution in [-0.4, -0.2) is 23.6 Å². The largest absolute Gasteiger partial charge is 0.507 e. The number of hydrogen-bond acceptors (Lipinski definition) is 3. The van der Waals surface area contributed by atoms with Gasteiger partial charge in [-0.05, 0) is 18.6 Å². The highest BCUT2D eigenvalue weighted by Gasteiger charge is 2.15. The first-order valence-corrected chi connectivity index (χ1v) is 5.58. The Morgan fingerprint density at radius 2 is 2.29 bits per heavy atom. The number of carbonyl (C=O) groups is 1. The summed E-state index contributed by atoms with van der Waals surface area (Å²) < 4.78 is 12.7. The van der Waals surface area contributed by atoms with Crippen molar-refractivity contribution in [2.45, 2.75) is 25.8 Å². The second-order valence-electron chi connectivity index (χ2n) is 3.86. The molecule has 0 spiro atoms. The number of rotatable bonds is 5. The van der Waals surface area contributed by atoms with E-state index in [1.807, 2.05) is 6.92 Å². The molecule has 0 saturated carbocycles. The zero-order valence-corrected chi connectivity index (χ0v) is 9.74. The Morgan fingerprint density at radius 1 is 1.59 bits per heavy atom. The summed E-state index contributed by atoms with van der Waals surface area (Å²) in [6.07, 6.45) is 1.67. The third kappa shape index (κ3) is 3.71. The minimum Gasteiger partial charge on any atom is -0.507 e. The molecule has 4 N–H and O–H groups in total. The highest BCUT2D eigenvalue weighted by atomic mass is 19.1. The maximum absolute atomic E-state index is 12.7. The number of carbonyl (C=O) groups excluding carboxylic acids is 1. The molecule has 0 heterocycles. The van der Waals surface area contributed by atoms with Crippen molar-refractivity contribution in [2.24, 2.45) is 5.73 Å². The monoisotopic (exact) mass is 240 g/mol. The minimum atomic E-state index is -0.581. The summed E-state index contributed by atoms with van der Waals surface area (Å²) in [7, 11) is 0. The molecule has 4 nitrogen and oxygen atoms in total. The molecule has 17 heavy (non-hydrogen) atoms. The standard InChI is InChI=1S/C12H17FN2O2/c1-2-3-9(7-14)15-12(17)10-5-4-8(13)6-11(10)16/h4-6,9,16H,2-3,7,14H2,1H3,(H,15,17). The van der Waals surface area contributed by atoms with Crippen molar-refractivity contribution in [2.75, 3.05) is 6.54 Å². The van der Waals surface area contributed by atoms with Gasteiger partial charge in [0.1, 0.15) is 11.6 Å². The highest BCUT2D eigenvalue weighted by Crippen LogP contribution is 2.18. The summed E-state index contributed by atoms with van der Waals surface area (Å²) in [5.74, 6) is -1.39. The van der Waals surface area contributed by atoms with E-state index in [1.54, 1.807) is 0 Å². The smallest absolute Gasteiger partial charge is 0.255 e. The van der Waals surface area contributed by atoms with E-state index in [1.165, 1.54) is 6.07 Å². The number of nitrogens with two attached hydrogens (primary N) is 1. The average Bonchev–Trinajstić information content (AvgIpc) is 2.28. The topological polar surface area (TPSA) is 75.3 Å². The van der Waals surface area contributed by atoms with Crippen LogP contribution in [0.15, 0.2) is 18.2 Å². The number of phenols is 1. The number of nitrogens with one attached hydrogen (secondary N) is 1. The fourth-order valence-electron chi connectivity index (χ4n) is 1.56. The van der Waals surface area contributed by atoms with Gasteiger partial charge in [0, 0.05) is 18.7 Å². The molecular weight excluding hydrogens is 223 g/mol. The second kappa shape index (κ2) is 6.20. The van der Waals surface area contributed by atoms with E-state index < -0.39 is 11.7 Å². The highest BCUT2D eigenvalue weighted by molar-refractivity contribution is 5.96. The van der Waals surface area contributed by atoms with Gasteiger partial charge >= 0.3 is 0 Å². The molecule has 1 amide bonds. The van der Waals surface area contributed by atoms with Crippen molar-refractivity contribution in [1.29, 1.82) is 0 Å². The molecule has 0 fully saturated rings. The third-order valence-electron chi connectivity index (χ3n) is 2.46. The van der Waals surface area contributed by atoms with Crippen LogP contribution in [0, 0.1) is 5.82 Å². The number of halogens is 1. The van der Waals surface area contributed by atoms with E-state index in [0.717, 1.165) is 25.0 Å². The molecule has 0 bridgehead atoms. The van der Waals surface area contributed by atoms with Crippen LogP contribution in [0.4, 0.5) is 4.39 Å².